The van der Waals surface area contributed by atoms with Crippen molar-refractivity contribution in [1.29, 1.82) is 0 Å². The zero-order valence-electron chi connectivity index (χ0n) is 20.2. The van der Waals surface area contributed by atoms with Crippen LogP contribution in [-0.4, -0.2) is 49.2 Å². The topological polar surface area (TPSA) is 71.8 Å². The fourth-order valence-corrected chi connectivity index (χ4v) is 5.14. The summed E-state index contributed by atoms with van der Waals surface area (Å²) >= 11 is 0. The van der Waals surface area contributed by atoms with Crippen molar-refractivity contribution >= 4 is 0 Å². The molecule has 1 saturated carbocycles. The number of methoxy groups -OCH3 is 1. The van der Waals surface area contributed by atoms with Gasteiger partial charge in [0.1, 0.15) is 24.2 Å². The van der Waals surface area contributed by atoms with E-state index in [4.69, 9.17) is 23.9 Å². The predicted molar refractivity (Wildman–Crippen MR) is 132 cm³/mol. The number of rotatable bonds is 6. The van der Waals surface area contributed by atoms with Crippen LogP contribution >= 0.6 is 0 Å². The van der Waals surface area contributed by atoms with E-state index in [-0.39, 0.29) is 17.7 Å². The van der Waals surface area contributed by atoms with Crippen molar-refractivity contribution < 1.29 is 18.9 Å². The van der Waals surface area contributed by atoms with Crippen molar-refractivity contribution in [2.24, 2.45) is 0 Å². The second kappa shape index (κ2) is 9.13. The third-order valence-electron chi connectivity index (χ3n) is 7.11. The summed E-state index contributed by atoms with van der Waals surface area (Å²) in [6.45, 7) is 4.10. The lowest BCUT2D eigenvalue weighted by atomic mass is 9.89. The maximum atomic E-state index is 13.1. The third-order valence-corrected chi connectivity index (χ3v) is 7.11. The Morgan fingerprint density at radius 1 is 1.11 bits per heavy atom. The van der Waals surface area contributed by atoms with E-state index < -0.39 is 0 Å². The summed E-state index contributed by atoms with van der Waals surface area (Å²) in [6.07, 6.45) is 5.05. The van der Waals surface area contributed by atoms with Gasteiger partial charge in [0, 0.05) is 52.7 Å². The largest absolute Gasteiger partial charge is 0.496 e. The van der Waals surface area contributed by atoms with Crippen molar-refractivity contribution in [2.75, 3.05) is 33.5 Å². The Bertz CT molecular complexity index is 1290. The number of benzene rings is 1. The number of fused-ring (bicyclic) bond motifs is 3. The van der Waals surface area contributed by atoms with Gasteiger partial charge in [-0.2, -0.15) is 0 Å². The van der Waals surface area contributed by atoms with Crippen LogP contribution < -0.4 is 15.0 Å². The van der Waals surface area contributed by atoms with Gasteiger partial charge in [0.2, 0.25) is 0 Å². The zero-order valence-corrected chi connectivity index (χ0v) is 20.2. The van der Waals surface area contributed by atoms with Crippen LogP contribution in [0.2, 0.25) is 0 Å². The van der Waals surface area contributed by atoms with E-state index in [0.717, 1.165) is 34.6 Å². The Morgan fingerprint density at radius 2 is 2.00 bits per heavy atom. The molecule has 6 rings (SSSR count). The second-order valence-electron chi connectivity index (χ2n) is 9.67. The van der Waals surface area contributed by atoms with Crippen molar-refractivity contribution in [1.82, 2.24) is 9.55 Å². The molecule has 0 N–H and O–H groups in total. The lowest BCUT2D eigenvalue weighted by molar-refractivity contribution is -0.101. The molecule has 0 spiro atoms. The zero-order chi connectivity index (χ0) is 23.9. The fraction of sp³-hybridized carbons (Fsp3) is 0.429. The fourth-order valence-electron chi connectivity index (χ4n) is 5.14. The van der Waals surface area contributed by atoms with Crippen molar-refractivity contribution in [3.8, 4) is 33.9 Å². The first-order chi connectivity index (χ1) is 17.1. The van der Waals surface area contributed by atoms with Crippen LogP contribution in [0.5, 0.6) is 11.5 Å². The Hall–Kier alpha value is -3.16. The molecule has 7 nitrogen and oxygen atoms in total. The molecule has 0 bridgehead atoms. The van der Waals surface area contributed by atoms with Gasteiger partial charge in [0.25, 0.3) is 5.56 Å². The summed E-state index contributed by atoms with van der Waals surface area (Å²) in [5.41, 5.74) is 6.17. The molecule has 4 heterocycles. The first-order valence-corrected chi connectivity index (χ1v) is 12.4. The van der Waals surface area contributed by atoms with E-state index in [1.54, 1.807) is 13.2 Å². The average Bonchev–Trinajstić information content (AvgIpc) is 3.73. The molecule has 3 aliphatic rings. The van der Waals surface area contributed by atoms with Crippen LogP contribution in [0.4, 0.5) is 0 Å². The highest BCUT2D eigenvalue weighted by Crippen LogP contribution is 2.43. The van der Waals surface area contributed by atoms with Crippen LogP contribution in [-0.2, 0) is 15.9 Å². The molecule has 1 aromatic carbocycles. The van der Waals surface area contributed by atoms with Gasteiger partial charge >= 0.3 is 0 Å². The molecule has 2 aromatic heterocycles. The molecule has 2 fully saturated rings. The molecular formula is C28H30N2O5. The molecule has 35 heavy (non-hydrogen) atoms. The Labute approximate surface area is 204 Å². The summed E-state index contributed by atoms with van der Waals surface area (Å²) in [7, 11) is 1.68. The lowest BCUT2D eigenvalue weighted by Crippen LogP contribution is -2.34. The summed E-state index contributed by atoms with van der Waals surface area (Å²) < 4.78 is 24.7. The van der Waals surface area contributed by atoms with Crippen LogP contribution in [0.3, 0.4) is 0 Å². The van der Waals surface area contributed by atoms with Crippen LogP contribution in [0.25, 0.3) is 22.4 Å². The summed E-state index contributed by atoms with van der Waals surface area (Å²) in [6, 6.07) is 12.0. The molecule has 0 radical (unpaired) electrons. The highest BCUT2D eigenvalue weighted by Gasteiger charge is 2.27. The third kappa shape index (κ3) is 4.34. The predicted octanol–water partition coefficient (Wildman–Crippen LogP) is 4.37. The molecule has 1 aliphatic carbocycles. The van der Waals surface area contributed by atoms with Gasteiger partial charge in [0.15, 0.2) is 0 Å². The lowest BCUT2D eigenvalue weighted by Gasteiger charge is -2.29. The summed E-state index contributed by atoms with van der Waals surface area (Å²) in [4.78, 5) is 17.8. The van der Waals surface area contributed by atoms with E-state index in [1.165, 1.54) is 24.1 Å². The van der Waals surface area contributed by atoms with Gasteiger partial charge in [-0.3, -0.25) is 9.78 Å². The molecule has 182 valence electrons. The number of hydrogen-bond donors (Lipinski definition) is 0. The quantitative estimate of drug-likeness (QED) is 0.528. The molecule has 1 saturated heterocycles. The highest BCUT2D eigenvalue weighted by molar-refractivity contribution is 5.79. The Balaban J connectivity index is 1.36. The average molecular weight is 475 g/mol. The highest BCUT2D eigenvalue weighted by atomic mass is 16.6. The van der Waals surface area contributed by atoms with Gasteiger partial charge in [-0.05, 0) is 49.9 Å². The Morgan fingerprint density at radius 3 is 2.71 bits per heavy atom. The minimum absolute atomic E-state index is 0.0331. The maximum Gasteiger partial charge on any atom is 0.254 e. The second-order valence-corrected chi connectivity index (χ2v) is 9.67. The van der Waals surface area contributed by atoms with E-state index in [2.05, 4.69) is 25.1 Å². The molecule has 7 heteroatoms. The molecule has 3 aromatic rings. The van der Waals surface area contributed by atoms with Gasteiger partial charge in [0.05, 0.1) is 32.6 Å². The van der Waals surface area contributed by atoms with E-state index >= 15 is 0 Å². The maximum absolute atomic E-state index is 13.1. The minimum atomic E-state index is -0.128. The monoisotopic (exact) mass is 474 g/mol. The number of hydrogen-bond acceptors (Lipinski definition) is 6. The Kier molecular flexibility index (Phi) is 5.82. The SMILES string of the molecule is COc1cc2c(cc1-c1ccc(C3CC3)nc1)CC(C)n1c-2cc(OC[C@@H]2COCCO2)cc1=O. The van der Waals surface area contributed by atoms with E-state index in [9.17, 15) is 4.79 Å². The minimum Gasteiger partial charge on any atom is -0.496 e. The van der Waals surface area contributed by atoms with Gasteiger partial charge in [-0.1, -0.05) is 6.07 Å². The van der Waals surface area contributed by atoms with Crippen molar-refractivity contribution in [3.63, 3.8) is 0 Å². The molecule has 1 unspecified atom stereocenters. The molecular weight excluding hydrogens is 444 g/mol. The van der Waals surface area contributed by atoms with Gasteiger partial charge in [-0.15, -0.1) is 0 Å². The smallest absolute Gasteiger partial charge is 0.254 e. The standard InChI is InChI=1S/C28H30N2O5/c1-17-9-20-10-24(19-5-6-25(29-14-19)18-3-4-18)27(32-2)13-23(20)26-11-21(12-28(31)30(17)26)35-16-22-15-33-7-8-34-22/h5-6,10-14,17-18,22H,3-4,7-9,15-16H2,1-2H3/t17?,22-/m0/s1. The van der Waals surface area contributed by atoms with Crippen molar-refractivity contribution in [2.45, 2.75) is 44.2 Å². The van der Waals surface area contributed by atoms with Gasteiger partial charge < -0.3 is 23.5 Å². The normalized spacial score (nSPS) is 21.2. The number of aromatic nitrogens is 2. The number of ether oxygens (including phenoxy) is 4. The number of pyridine rings is 2. The summed E-state index contributed by atoms with van der Waals surface area (Å²) in [5, 5.41) is 0. The van der Waals surface area contributed by atoms with Crippen LogP contribution in [0.1, 0.15) is 43.0 Å². The first-order valence-electron chi connectivity index (χ1n) is 12.4. The van der Waals surface area contributed by atoms with Crippen LogP contribution in [0.15, 0.2) is 47.4 Å². The summed E-state index contributed by atoms with van der Waals surface area (Å²) in [5.74, 6) is 1.93. The molecule has 0 amide bonds. The molecule has 2 aliphatic heterocycles. The first kappa shape index (κ1) is 22.3. The van der Waals surface area contributed by atoms with Gasteiger partial charge in [-0.25, -0.2) is 0 Å². The van der Waals surface area contributed by atoms with Crippen LogP contribution in [0, 0.1) is 0 Å². The number of nitrogens with zero attached hydrogens (tertiary/aromatic N) is 2. The van der Waals surface area contributed by atoms with Crippen molar-refractivity contribution in [3.05, 3.63) is 64.2 Å². The van der Waals surface area contributed by atoms with E-state index in [0.29, 0.717) is 38.1 Å². The van der Waals surface area contributed by atoms with E-state index in [1.807, 2.05) is 22.9 Å². The molecule has 2 atom stereocenters.